The molecule has 2 N–H and O–H groups in total. The van der Waals surface area contributed by atoms with E-state index in [0.717, 1.165) is 28.0 Å². The molecular weight excluding hydrogens is 430 g/mol. The number of ketones is 1. The molecule has 1 fully saturated rings. The van der Waals surface area contributed by atoms with Crippen LogP contribution < -0.4 is 10.1 Å². The number of benzene rings is 3. The van der Waals surface area contributed by atoms with Gasteiger partial charge in [-0.15, -0.1) is 0 Å². The van der Waals surface area contributed by atoms with Crippen LogP contribution in [0.3, 0.4) is 0 Å². The van der Waals surface area contributed by atoms with Crippen LogP contribution in [0.4, 0.5) is 0 Å². The second-order valence-electron chi connectivity index (χ2n) is 8.55. The van der Waals surface area contributed by atoms with Crippen LogP contribution in [0, 0.1) is 0 Å². The Morgan fingerprint density at radius 2 is 1.50 bits per heavy atom. The van der Waals surface area contributed by atoms with Crippen molar-refractivity contribution in [2.75, 3.05) is 6.61 Å². The SMILES string of the molecule is CCOc1ccccc1CC(=O)Cc1ccc(-c2ccc(C(=O)NC3(C(=O)O)CC3)cc2)cc1. The molecule has 0 heterocycles. The summed E-state index contributed by atoms with van der Waals surface area (Å²) in [5.41, 5.74) is 3.04. The fourth-order valence-corrected chi connectivity index (χ4v) is 3.88. The van der Waals surface area contributed by atoms with Crippen molar-refractivity contribution in [1.29, 1.82) is 0 Å². The van der Waals surface area contributed by atoms with E-state index < -0.39 is 11.5 Å². The largest absolute Gasteiger partial charge is 0.494 e. The monoisotopic (exact) mass is 457 g/mol. The van der Waals surface area contributed by atoms with Crippen molar-refractivity contribution in [3.8, 4) is 16.9 Å². The van der Waals surface area contributed by atoms with Gasteiger partial charge in [-0.05, 0) is 54.7 Å². The topological polar surface area (TPSA) is 92.7 Å². The maximum absolute atomic E-state index is 12.6. The van der Waals surface area contributed by atoms with E-state index in [4.69, 9.17) is 4.74 Å². The summed E-state index contributed by atoms with van der Waals surface area (Å²) in [6.45, 7) is 2.48. The number of para-hydroxylation sites is 1. The smallest absolute Gasteiger partial charge is 0.329 e. The number of ether oxygens (including phenoxy) is 1. The minimum Gasteiger partial charge on any atom is -0.494 e. The molecule has 1 saturated carbocycles. The van der Waals surface area contributed by atoms with Crippen molar-refractivity contribution < 1.29 is 24.2 Å². The first-order chi connectivity index (χ1) is 16.4. The van der Waals surface area contributed by atoms with Gasteiger partial charge in [0.15, 0.2) is 0 Å². The highest BCUT2D eigenvalue weighted by atomic mass is 16.5. The average molecular weight is 458 g/mol. The fourth-order valence-electron chi connectivity index (χ4n) is 3.88. The van der Waals surface area contributed by atoms with E-state index in [2.05, 4.69) is 5.32 Å². The molecule has 1 aliphatic rings. The van der Waals surface area contributed by atoms with Gasteiger partial charge in [0.05, 0.1) is 6.61 Å². The van der Waals surface area contributed by atoms with Crippen molar-refractivity contribution in [1.82, 2.24) is 5.32 Å². The van der Waals surface area contributed by atoms with Crippen molar-refractivity contribution >= 4 is 17.7 Å². The molecule has 4 rings (SSSR count). The maximum atomic E-state index is 12.6. The average Bonchev–Trinajstić information content (AvgIpc) is 3.62. The molecule has 0 bridgehead atoms. The lowest BCUT2D eigenvalue weighted by Crippen LogP contribution is -2.43. The Morgan fingerprint density at radius 1 is 0.882 bits per heavy atom. The van der Waals surface area contributed by atoms with E-state index in [1.54, 1.807) is 12.1 Å². The van der Waals surface area contributed by atoms with E-state index in [9.17, 15) is 19.5 Å². The molecule has 1 amide bonds. The van der Waals surface area contributed by atoms with Crippen molar-refractivity contribution in [2.45, 2.75) is 38.1 Å². The van der Waals surface area contributed by atoms with Gasteiger partial charge < -0.3 is 15.2 Å². The second kappa shape index (κ2) is 9.91. The Kier molecular flexibility index (Phi) is 6.77. The number of carboxylic acids is 1. The fraction of sp³-hybridized carbons (Fsp3) is 0.250. The normalized spacial score (nSPS) is 13.7. The Hall–Kier alpha value is -3.93. The lowest BCUT2D eigenvalue weighted by molar-refractivity contribution is -0.140. The molecule has 0 radical (unpaired) electrons. The number of nitrogens with one attached hydrogen (secondary N) is 1. The molecule has 6 nitrogen and oxygen atoms in total. The Balaban J connectivity index is 1.36. The van der Waals surface area contributed by atoms with Gasteiger partial charge in [0, 0.05) is 24.0 Å². The number of hydrogen-bond acceptors (Lipinski definition) is 4. The lowest BCUT2D eigenvalue weighted by Gasteiger charge is -2.12. The number of carbonyl (C=O) groups is 3. The van der Waals surface area contributed by atoms with Crippen molar-refractivity contribution in [2.24, 2.45) is 0 Å². The van der Waals surface area contributed by atoms with E-state index in [1.807, 2.05) is 67.6 Å². The number of carbonyl (C=O) groups excluding carboxylic acids is 2. The molecule has 0 spiro atoms. The van der Waals surface area contributed by atoms with Gasteiger partial charge in [0.1, 0.15) is 17.1 Å². The molecule has 1 aliphatic carbocycles. The highest BCUT2D eigenvalue weighted by Gasteiger charge is 2.51. The third-order valence-electron chi connectivity index (χ3n) is 6.01. The first kappa shape index (κ1) is 23.2. The third-order valence-corrected chi connectivity index (χ3v) is 6.01. The van der Waals surface area contributed by atoms with Crippen LogP contribution in [0.15, 0.2) is 72.8 Å². The van der Waals surface area contributed by atoms with Crippen molar-refractivity contribution in [3.05, 3.63) is 89.5 Å². The number of rotatable bonds is 10. The van der Waals surface area contributed by atoms with E-state index in [1.165, 1.54) is 0 Å². The lowest BCUT2D eigenvalue weighted by atomic mass is 9.98. The quantitative estimate of drug-likeness (QED) is 0.469. The zero-order valence-electron chi connectivity index (χ0n) is 19.0. The summed E-state index contributed by atoms with van der Waals surface area (Å²) in [5, 5.41) is 11.9. The second-order valence-corrected chi connectivity index (χ2v) is 8.55. The van der Waals surface area contributed by atoms with Gasteiger partial charge in [-0.3, -0.25) is 9.59 Å². The summed E-state index contributed by atoms with van der Waals surface area (Å²) in [7, 11) is 0. The Morgan fingerprint density at radius 3 is 2.09 bits per heavy atom. The van der Waals surface area contributed by atoms with Crippen LogP contribution in [-0.4, -0.2) is 34.9 Å². The first-order valence-electron chi connectivity index (χ1n) is 11.4. The molecule has 3 aromatic carbocycles. The van der Waals surface area contributed by atoms with Crippen LogP contribution in [0.2, 0.25) is 0 Å². The molecule has 3 aromatic rings. The number of hydrogen-bond donors (Lipinski definition) is 2. The highest BCUT2D eigenvalue weighted by molar-refractivity contribution is 5.99. The Labute approximate surface area is 198 Å². The summed E-state index contributed by atoms with van der Waals surface area (Å²) in [5.74, 6) is -0.507. The number of Topliss-reactive ketones (excluding diaryl/α,β-unsaturated/α-hetero) is 1. The van der Waals surface area contributed by atoms with Gasteiger partial charge in [0.2, 0.25) is 0 Å². The molecule has 0 aliphatic heterocycles. The van der Waals surface area contributed by atoms with E-state index in [0.29, 0.717) is 37.9 Å². The predicted molar refractivity (Wildman–Crippen MR) is 129 cm³/mol. The molecule has 34 heavy (non-hydrogen) atoms. The highest BCUT2D eigenvalue weighted by Crippen LogP contribution is 2.35. The van der Waals surface area contributed by atoms with E-state index in [-0.39, 0.29) is 11.7 Å². The van der Waals surface area contributed by atoms with Crippen LogP contribution >= 0.6 is 0 Å². The number of amides is 1. The number of aliphatic carboxylic acids is 1. The van der Waals surface area contributed by atoms with Crippen LogP contribution in [-0.2, 0) is 22.4 Å². The molecule has 6 heteroatoms. The molecular formula is C28H27NO5. The predicted octanol–water partition coefficient (Wildman–Crippen LogP) is 4.45. The van der Waals surface area contributed by atoms with Crippen LogP contribution in [0.1, 0.15) is 41.3 Å². The summed E-state index contributed by atoms with van der Waals surface area (Å²) in [6.07, 6.45) is 1.58. The molecule has 0 saturated heterocycles. The zero-order valence-corrected chi connectivity index (χ0v) is 19.0. The van der Waals surface area contributed by atoms with Gasteiger partial charge in [-0.25, -0.2) is 4.79 Å². The standard InChI is InChI=1S/C28H27NO5/c1-2-34-25-6-4-3-5-23(25)18-24(30)17-19-7-9-20(10-8-19)21-11-13-22(14-12-21)26(31)29-28(15-16-28)27(32)33/h3-14H,2,15-18H2,1H3,(H,29,31)(H,32,33). The summed E-state index contributed by atoms with van der Waals surface area (Å²) >= 11 is 0. The maximum Gasteiger partial charge on any atom is 0.329 e. The molecule has 174 valence electrons. The Bertz CT molecular complexity index is 1190. The number of carboxylic acid groups (broad SMARTS) is 1. The van der Waals surface area contributed by atoms with Gasteiger partial charge in [-0.1, -0.05) is 54.6 Å². The van der Waals surface area contributed by atoms with Crippen LogP contribution in [0.5, 0.6) is 5.75 Å². The van der Waals surface area contributed by atoms with Crippen molar-refractivity contribution in [3.63, 3.8) is 0 Å². The zero-order chi connectivity index (χ0) is 24.1. The van der Waals surface area contributed by atoms with E-state index >= 15 is 0 Å². The summed E-state index contributed by atoms with van der Waals surface area (Å²) < 4.78 is 5.61. The molecule has 0 atom stereocenters. The summed E-state index contributed by atoms with van der Waals surface area (Å²) in [4.78, 5) is 36.3. The van der Waals surface area contributed by atoms with Gasteiger partial charge in [-0.2, -0.15) is 0 Å². The third kappa shape index (κ3) is 5.34. The minimum atomic E-state index is -1.10. The first-order valence-corrected chi connectivity index (χ1v) is 11.4. The molecule has 0 unspecified atom stereocenters. The summed E-state index contributed by atoms with van der Waals surface area (Å²) in [6, 6.07) is 22.4. The molecule has 0 aromatic heterocycles. The van der Waals surface area contributed by atoms with Crippen LogP contribution in [0.25, 0.3) is 11.1 Å². The van der Waals surface area contributed by atoms with Gasteiger partial charge >= 0.3 is 5.97 Å². The minimum absolute atomic E-state index is 0.116. The van der Waals surface area contributed by atoms with Gasteiger partial charge in [0.25, 0.3) is 5.91 Å².